The number of hydrogen-bond donors (Lipinski definition) is 0. The number of rotatable bonds is 6. The highest BCUT2D eigenvalue weighted by Gasteiger charge is 2.61. The third-order valence-corrected chi connectivity index (χ3v) is 24.2. The van der Waals surface area contributed by atoms with Crippen molar-refractivity contribution in [3.05, 3.63) is 0 Å². The molecular formula is C57H96N2. The maximum atomic E-state index is 3.46. The summed E-state index contributed by atoms with van der Waals surface area (Å²) in [7, 11) is 0. The lowest BCUT2D eigenvalue weighted by Crippen LogP contribution is -2.58. The Morgan fingerprint density at radius 1 is 0.237 bits per heavy atom. The van der Waals surface area contributed by atoms with Gasteiger partial charge in [-0.2, -0.15) is 0 Å². The van der Waals surface area contributed by atoms with Gasteiger partial charge in [-0.05, 0) is 222 Å². The van der Waals surface area contributed by atoms with Crippen LogP contribution in [0.15, 0.2) is 0 Å². The van der Waals surface area contributed by atoms with Gasteiger partial charge in [-0.15, -0.1) is 0 Å². The molecule has 334 valence electrons. The third kappa shape index (κ3) is 6.91. The summed E-state index contributed by atoms with van der Waals surface area (Å²) in [6, 6.07) is 5.22. The fourth-order valence-corrected chi connectivity index (χ4v) is 21.9. The molecule has 2 heteroatoms. The van der Waals surface area contributed by atoms with E-state index in [0.717, 1.165) is 107 Å². The molecule has 2 nitrogen and oxygen atoms in total. The van der Waals surface area contributed by atoms with Gasteiger partial charge in [-0.3, -0.25) is 9.80 Å². The number of nitrogens with zero attached hydrogens (tertiary/aromatic N) is 2. The van der Waals surface area contributed by atoms with Crippen LogP contribution in [0.2, 0.25) is 0 Å². The first kappa shape index (κ1) is 41.6. The molecule has 0 bridgehead atoms. The Bertz CT molecular complexity index is 1390. The second-order valence-corrected chi connectivity index (χ2v) is 27.0. The van der Waals surface area contributed by atoms with Crippen LogP contribution in [0.5, 0.6) is 0 Å². The van der Waals surface area contributed by atoms with Gasteiger partial charge in [0.1, 0.15) is 0 Å². The molecule has 59 heavy (non-hydrogen) atoms. The van der Waals surface area contributed by atoms with E-state index in [1.807, 2.05) is 0 Å². The summed E-state index contributed by atoms with van der Waals surface area (Å²) in [6.07, 6.45) is 46.0. The Balaban J connectivity index is 0.847. The molecular weight excluding hydrogens is 713 g/mol. The zero-order valence-corrected chi connectivity index (χ0v) is 40.0. The molecule has 15 unspecified atom stereocenters. The Morgan fingerprint density at radius 2 is 0.492 bits per heavy atom. The van der Waals surface area contributed by atoms with Crippen molar-refractivity contribution in [2.24, 2.45) is 87.3 Å². The van der Waals surface area contributed by atoms with Gasteiger partial charge in [0.25, 0.3) is 0 Å². The Labute approximate surface area is 366 Å². The van der Waals surface area contributed by atoms with Crippen LogP contribution in [-0.4, -0.2) is 46.1 Å². The summed E-state index contributed by atoms with van der Waals surface area (Å²) in [5, 5.41) is 0. The maximum absolute atomic E-state index is 3.46. The van der Waals surface area contributed by atoms with Crippen molar-refractivity contribution in [3.8, 4) is 0 Å². The van der Waals surface area contributed by atoms with Crippen LogP contribution in [-0.2, 0) is 0 Å². The molecule has 0 aromatic rings. The van der Waals surface area contributed by atoms with Crippen molar-refractivity contribution < 1.29 is 0 Å². The van der Waals surface area contributed by atoms with E-state index < -0.39 is 0 Å². The molecule has 15 atom stereocenters. The fourth-order valence-electron chi connectivity index (χ4n) is 21.9. The quantitative estimate of drug-likeness (QED) is 0.264. The highest BCUT2D eigenvalue weighted by atomic mass is 15.2. The first-order valence-corrected chi connectivity index (χ1v) is 28.1. The van der Waals surface area contributed by atoms with E-state index in [1.165, 1.54) is 116 Å². The van der Waals surface area contributed by atoms with Crippen molar-refractivity contribution in [1.29, 1.82) is 0 Å². The highest BCUT2D eigenvalue weighted by Crippen LogP contribution is 2.67. The van der Waals surface area contributed by atoms with Crippen LogP contribution in [0.3, 0.4) is 0 Å². The molecule has 11 aliphatic rings. The lowest BCUT2D eigenvalue weighted by Gasteiger charge is -2.55. The first-order valence-electron chi connectivity index (χ1n) is 28.1. The minimum atomic E-state index is 0.559. The molecule has 0 aliphatic heterocycles. The average Bonchev–Trinajstić information content (AvgIpc) is 3.74. The molecule has 0 amide bonds. The van der Waals surface area contributed by atoms with E-state index in [1.54, 1.807) is 77.0 Å². The van der Waals surface area contributed by atoms with Gasteiger partial charge in [0, 0.05) is 36.3 Å². The Kier molecular flexibility index (Phi) is 11.4. The van der Waals surface area contributed by atoms with E-state index in [0.29, 0.717) is 16.2 Å². The topological polar surface area (TPSA) is 6.48 Å². The fraction of sp³-hybridized carbons (Fsp3) is 1.00. The summed E-state index contributed by atoms with van der Waals surface area (Å²) in [5.74, 6) is 12.4. The van der Waals surface area contributed by atoms with Crippen molar-refractivity contribution >= 4 is 0 Å². The molecule has 0 radical (unpaired) electrons. The molecule has 0 heterocycles. The van der Waals surface area contributed by atoms with Gasteiger partial charge >= 0.3 is 0 Å². The molecule has 0 N–H and O–H groups in total. The van der Waals surface area contributed by atoms with Crippen molar-refractivity contribution in [2.75, 3.05) is 0 Å². The van der Waals surface area contributed by atoms with E-state index in [2.05, 4.69) is 51.3 Å². The smallest absolute Gasteiger partial charge is 0.0104 e. The average molecular weight is 809 g/mol. The van der Waals surface area contributed by atoms with E-state index >= 15 is 0 Å². The summed E-state index contributed by atoms with van der Waals surface area (Å²) in [4.78, 5) is 6.83. The minimum absolute atomic E-state index is 0.559. The SMILES string of the molecule is CC1(C)C2CCCCC2C2CCC(N(C3CCCCC3)C3CCC(N(C4CCC5C6CCCCC6C(C)(C)C5C4)C4CCC5C6CCCCC6C(C)(C)C5C4)CC3)CC21. The molecule has 0 aromatic heterocycles. The normalized spacial score (nSPS) is 50.3. The predicted octanol–water partition coefficient (Wildman–Crippen LogP) is 15.1. The molecule has 0 aromatic carbocycles. The number of hydrogen-bond acceptors (Lipinski definition) is 2. The molecule has 0 spiro atoms. The Morgan fingerprint density at radius 3 is 0.847 bits per heavy atom. The summed E-state index contributed by atoms with van der Waals surface area (Å²) < 4.78 is 0. The second-order valence-electron chi connectivity index (χ2n) is 27.0. The van der Waals surface area contributed by atoms with Crippen LogP contribution in [0.4, 0.5) is 0 Å². The Hall–Kier alpha value is -0.0800. The monoisotopic (exact) mass is 809 g/mol. The van der Waals surface area contributed by atoms with Crippen LogP contribution in [0.25, 0.3) is 0 Å². The standard InChI is InChI=1S/C57H96N2/c1-55(2)49-21-13-10-18-43(49)46-31-28-40(34-52(46)55)58(37-16-8-7-9-17-37)38-24-26-39(27-25-38)59(41-29-32-47-44-19-11-14-22-50(44)56(3,4)53(47)35-41)42-30-33-48-45-20-12-15-23-51(45)57(5,6)54(48)36-42/h37-54H,7-36H2,1-6H3. The van der Waals surface area contributed by atoms with E-state index in [4.69, 9.17) is 0 Å². The molecule has 11 aliphatic carbocycles. The van der Waals surface area contributed by atoms with Gasteiger partial charge < -0.3 is 0 Å². The van der Waals surface area contributed by atoms with Crippen LogP contribution in [0.1, 0.15) is 234 Å². The van der Waals surface area contributed by atoms with Gasteiger partial charge in [0.15, 0.2) is 0 Å². The third-order valence-electron chi connectivity index (χ3n) is 24.2. The maximum Gasteiger partial charge on any atom is 0.0104 e. The van der Waals surface area contributed by atoms with E-state index in [-0.39, 0.29) is 0 Å². The van der Waals surface area contributed by atoms with Crippen LogP contribution in [0, 0.1) is 87.3 Å². The minimum Gasteiger partial charge on any atom is -0.294 e. The predicted molar refractivity (Wildman–Crippen MR) is 248 cm³/mol. The molecule has 11 saturated carbocycles. The summed E-state index contributed by atoms with van der Waals surface area (Å²) in [6.45, 7) is 16.6. The summed E-state index contributed by atoms with van der Waals surface area (Å²) >= 11 is 0. The van der Waals surface area contributed by atoms with Crippen LogP contribution >= 0.6 is 0 Å². The second kappa shape index (κ2) is 16.1. The molecule has 11 fully saturated rings. The van der Waals surface area contributed by atoms with E-state index in [9.17, 15) is 0 Å². The largest absolute Gasteiger partial charge is 0.294 e. The first-order chi connectivity index (χ1) is 28.5. The van der Waals surface area contributed by atoms with Gasteiger partial charge in [-0.25, -0.2) is 0 Å². The van der Waals surface area contributed by atoms with Crippen molar-refractivity contribution in [1.82, 2.24) is 9.80 Å². The van der Waals surface area contributed by atoms with Crippen molar-refractivity contribution in [2.45, 2.75) is 270 Å². The molecule has 11 rings (SSSR count). The van der Waals surface area contributed by atoms with Gasteiger partial charge in [-0.1, -0.05) is 99.3 Å². The zero-order valence-electron chi connectivity index (χ0n) is 40.0. The van der Waals surface area contributed by atoms with Gasteiger partial charge in [0.2, 0.25) is 0 Å². The number of fused-ring (bicyclic) bond motifs is 9. The highest BCUT2D eigenvalue weighted by molar-refractivity contribution is 5.11. The lowest BCUT2D eigenvalue weighted by atomic mass is 9.65. The van der Waals surface area contributed by atoms with Crippen LogP contribution < -0.4 is 0 Å². The molecule has 0 saturated heterocycles. The van der Waals surface area contributed by atoms with Crippen molar-refractivity contribution in [3.63, 3.8) is 0 Å². The lowest BCUT2D eigenvalue weighted by molar-refractivity contribution is -0.0523. The van der Waals surface area contributed by atoms with Gasteiger partial charge in [0.05, 0.1) is 0 Å². The summed E-state index contributed by atoms with van der Waals surface area (Å²) in [5.41, 5.74) is 1.69. The zero-order chi connectivity index (χ0) is 40.3.